The van der Waals surface area contributed by atoms with Gasteiger partial charge in [0, 0.05) is 6.04 Å². The number of benzene rings is 1. The van der Waals surface area contributed by atoms with Crippen LogP contribution in [0, 0.1) is 5.92 Å². The van der Waals surface area contributed by atoms with E-state index in [1.165, 1.54) is 31.4 Å². The van der Waals surface area contributed by atoms with Gasteiger partial charge in [0.05, 0.1) is 7.11 Å². The molecule has 0 radical (unpaired) electrons. The van der Waals surface area contributed by atoms with Gasteiger partial charge in [-0.15, -0.1) is 0 Å². The van der Waals surface area contributed by atoms with Crippen LogP contribution in [0.4, 0.5) is 0 Å². The molecule has 2 unspecified atom stereocenters. The first kappa shape index (κ1) is 12.4. The highest BCUT2D eigenvalue weighted by atomic mass is 16.5. The predicted octanol–water partition coefficient (Wildman–Crippen LogP) is 3.02. The third kappa shape index (κ3) is 3.22. The van der Waals surface area contributed by atoms with E-state index in [0.29, 0.717) is 0 Å². The zero-order chi connectivity index (χ0) is 12.1. The van der Waals surface area contributed by atoms with Gasteiger partial charge in [-0.05, 0) is 49.4 Å². The fourth-order valence-corrected chi connectivity index (χ4v) is 2.76. The molecule has 0 bridgehead atoms. The summed E-state index contributed by atoms with van der Waals surface area (Å²) in [6, 6.07) is 9.18. The van der Waals surface area contributed by atoms with Gasteiger partial charge in [0.15, 0.2) is 0 Å². The maximum atomic E-state index is 5.17. The summed E-state index contributed by atoms with van der Waals surface area (Å²) in [5, 5.41) is 3.63. The van der Waals surface area contributed by atoms with E-state index in [1.54, 1.807) is 7.11 Å². The summed E-state index contributed by atoms with van der Waals surface area (Å²) in [5.41, 5.74) is 1.41. The highest BCUT2D eigenvalue weighted by Crippen LogP contribution is 2.23. The van der Waals surface area contributed by atoms with Crippen molar-refractivity contribution >= 4 is 0 Å². The Balaban J connectivity index is 1.84. The Labute approximate surface area is 104 Å². The third-order valence-corrected chi connectivity index (χ3v) is 3.92. The highest BCUT2D eigenvalue weighted by molar-refractivity contribution is 5.27. The van der Waals surface area contributed by atoms with Crippen LogP contribution in [0.2, 0.25) is 0 Å². The number of rotatable bonds is 5. The minimum atomic E-state index is 0.724. The second-order valence-corrected chi connectivity index (χ2v) is 4.90. The topological polar surface area (TPSA) is 21.3 Å². The molecule has 2 rings (SSSR count). The van der Waals surface area contributed by atoms with E-state index in [2.05, 4.69) is 36.5 Å². The van der Waals surface area contributed by atoms with Gasteiger partial charge in [-0.1, -0.05) is 25.5 Å². The van der Waals surface area contributed by atoms with Gasteiger partial charge in [-0.2, -0.15) is 0 Å². The minimum absolute atomic E-state index is 0.724. The molecule has 0 spiro atoms. The van der Waals surface area contributed by atoms with E-state index in [0.717, 1.165) is 24.1 Å². The monoisotopic (exact) mass is 233 g/mol. The first-order chi connectivity index (χ1) is 8.33. The van der Waals surface area contributed by atoms with Gasteiger partial charge in [0.1, 0.15) is 5.75 Å². The Morgan fingerprint density at radius 2 is 2.06 bits per heavy atom. The summed E-state index contributed by atoms with van der Waals surface area (Å²) < 4.78 is 5.17. The average molecular weight is 233 g/mol. The standard InChI is InChI=1S/C15H23NO/c1-3-13-10-11-16-15(13)9-6-12-4-7-14(17-2)8-5-12/h4-5,7-8,13,15-16H,3,6,9-11H2,1-2H3. The summed E-state index contributed by atoms with van der Waals surface area (Å²) in [4.78, 5) is 0. The number of hydrogen-bond donors (Lipinski definition) is 1. The van der Waals surface area contributed by atoms with Gasteiger partial charge >= 0.3 is 0 Å². The van der Waals surface area contributed by atoms with Crippen LogP contribution >= 0.6 is 0 Å². The fourth-order valence-electron chi connectivity index (χ4n) is 2.76. The van der Waals surface area contributed by atoms with E-state index < -0.39 is 0 Å². The van der Waals surface area contributed by atoms with Crippen molar-refractivity contribution in [2.24, 2.45) is 5.92 Å². The van der Waals surface area contributed by atoms with Crippen molar-refractivity contribution < 1.29 is 4.74 Å². The molecule has 2 heteroatoms. The maximum Gasteiger partial charge on any atom is 0.118 e. The van der Waals surface area contributed by atoms with Crippen LogP contribution in [-0.2, 0) is 6.42 Å². The number of ether oxygens (including phenoxy) is 1. The normalized spacial score (nSPS) is 23.9. The highest BCUT2D eigenvalue weighted by Gasteiger charge is 2.24. The summed E-state index contributed by atoms with van der Waals surface area (Å²) in [5.74, 6) is 1.83. The lowest BCUT2D eigenvalue weighted by molar-refractivity contribution is 0.410. The van der Waals surface area contributed by atoms with Gasteiger partial charge in [-0.25, -0.2) is 0 Å². The van der Waals surface area contributed by atoms with E-state index in [-0.39, 0.29) is 0 Å². The largest absolute Gasteiger partial charge is 0.497 e. The number of hydrogen-bond acceptors (Lipinski definition) is 2. The zero-order valence-electron chi connectivity index (χ0n) is 10.9. The Hall–Kier alpha value is -1.02. The molecule has 0 amide bonds. The van der Waals surface area contributed by atoms with Crippen molar-refractivity contribution in [3.8, 4) is 5.75 Å². The molecular formula is C15H23NO. The molecule has 1 N–H and O–H groups in total. The Kier molecular flexibility index (Phi) is 4.43. The van der Waals surface area contributed by atoms with Gasteiger partial charge < -0.3 is 10.1 Å². The van der Waals surface area contributed by atoms with Gasteiger partial charge in [-0.3, -0.25) is 0 Å². The molecule has 1 fully saturated rings. The van der Waals surface area contributed by atoms with E-state index >= 15 is 0 Å². The molecule has 1 saturated heterocycles. The second kappa shape index (κ2) is 6.06. The number of methoxy groups -OCH3 is 1. The van der Waals surface area contributed by atoms with Crippen molar-refractivity contribution in [3.63, 3.8) is 0 Å². The molecule has 2 atom stereocenters. The third-order valence-electron chi connectivity index (χ3n) is 3.92. The van der Waals surface area contributed by atoms with E-state index in [4.69, 9.17) is 4.74 Å². The van der Waals surface area contributed by atoms with Crippen molar-refractivity contribution in [2.45, 2.75) is 38.6 Å². The molecule has 2 nitrogen and oxygen atoms in total. The molecule has 1 heterocycles. The van der Waals surface area contributed by atoms with E-state index in [9.17, 15) is 0 Å². The second-order valence-electron chi connectivity index (χ2n) is 4.90. The first-order valence-corrected chi connectivity index (χ1v) is 6.69. The van der Waals surface area contributed by atoms with Gasteiger partial charge in [0.25, 0.3) is 0 Å². The smallest absolute Gasteiger partial charge is 0.118 e. The Morgan fingerprint density at radius 1 is 1.29 bits per heavy atom. The zero-order valence-corrected chi connectivity index (χ0v) is 10.9. The molecule has 1 aliphatic heterocycles. The van der Waals surface area contributed by atoms with E-state index in [1.807, 2.05) is 0 Å². The molecule has 1 aromatic rings. The number of aryl methyl sites for hydroxylation is 1. The lowest BCUT2D eigenvalue weighted by atomic mass is 9.93. The Morgan fingerprint density at radius 3 is 2.71 bits per heavy atom. The van der Waals surface area contributed by atoms with Crippen LogP contribution in [0.15, 0.2) is 24.3 Å². The van der Waals surface area contributed by atoms with Crippen molar-refractivity contribution in [1.29, 1.82) is 0 Å². The summed E-state index contributed by atoms with van der Waals surface area (Å²) in [6.45, 7) is 3.50. The molecule has 17 heavy (non-hydrogen) atoms. The molecule has 1 aliphatic rings. The lowest BCUT2D eigenvalue weighted by Crippen LogP contribution is -2.27. The van der Waals surface area contributed by atoms with Crippen LogP contribution in [0.1, 0.15) is 31.7 Å². The Bertz CT molecular complexity index is 333. The first-order valence-electron chi connectivity index (χ1n) is 6.69. The van der Waals surface area contributed by atoms with Crippen molar-refractivity contribution in [2.75, 3.05) is 13.7 Å². The van der Waals surface area contributed by atoms with Crippen LogP contribution in [0.5, 0.6) is 5.75 Å². The fraction of sp³-hybridized carbons (Fsp3) is 0.600. The maximum absolute atomic E-state index is 5.17. The van der Waals surface area contributed by atoms with Crippen LogP contribution < -0.4 is 10.1 Å². The molecule has 0 aromatic heterocycles. The van der Waals surface area contributed by atoms with Crippen LogP contribution in [0.3, 0.4) is 0 Å². The average Bonchev–Trinajstić information content (AvgIpc) is 2.84. The molecule has 0 aliphatic carbocycles. The molecule has 94 valence electrons. The van der Waals surface area contributed by atoms with Crippen molar-refractivity contribution in [3.05, 3.63) is 29.8 Å². The minimum Gasteiger partial charge on any atom is -0.497 e. The van der Waals surface area contributed by atoms with Crippen LogP contribution in [0.25, 0.3) is 0 Å². The summed E-state index contributed by atoms with van der Waals surface area (Å²) >= 11 is 0. The van der Waals surface area contributed by atoms with Crippen LogP contribution in [-0.4, -0.2) is 19.7 Å². The summed E-state index contributed by atoms with van der Waals surface area (Å²) in [7, 11) is 1.71. The predicted molar refractivity (Wildman–Crippen MR) is 71.5 cm³/mol. The molecule has 1 aromatic carbocycles. The number of nitrogens with one attached hydrogen (secondary N) is 1. The van der Waals surface area contributed by atoms with Gasteiger partial charge in [0.2, 0.25) is 0 Å². The quantitative estimate of drug-likeness (QED) is 0.844. The molecule has 0 saturated carbocycles. The summed E-state index contributed by atoms with van der Waals surface area (Å²) in [6.07, 6.45) is 5.08. The SMILES string of the molecule is CCC1CCNC1CCc1ccc(OC)cc1. The van der Waals surface area contributed by atoms with Crippen molar-refractivity contribution in [1.82, 2.24) is 5.32 Å². The molecular weight excluding hydrogens is 210 g/mol. The lowest BCUT2D eigenvalue weighted by Gasteiger charge is -2.17.